The van der Waals surface area contributed by atoms with Gasteiger partial charge in [0.05, 0.1) is 0 Å². The third kappa shape index (κ3) is 4.15. The first kappa shape index (κ1) is 17.4. The van der Waals surface area contributed by atoms with E-state index in [9.17, 15) is 4.79 Å². The zero-order valence-electron chi connectivity index (χ0n) is 13.9. The number of carbonyl (C=O) groups is 1. The van der Waals surface area contributed by atoms with E-state index in [2.05, 4.69) is 15.5 Å². The molecule has 3 aromatic rings. The highest BCUT2D eigenvalue weighted by Crippen LogP contribution is 2.22. The second-order valence-electron chi connectivity index (χ2n) is 5.48. The first-order valence-electron chi connectivity index (χ1n) is 8.15. The maximum absolute atomic E-state index is 12.2. The van der Waals surface area contributed by atoms with Crippen molar-refractivity contribution >= 4 is 23.2 Å². The van der Waals surface area contributed by atoms with Crippen molar-refractivity contribution < 1.29 is 9.53 Å². The van der Waals surface area contributed by atoms with Gasteiger partial charge >= 0.3 is 0 Å². The van der Waals surface area contributed by atoms with Gasteiger partial charge in [0.1, 0.15) is 0 Å². The third-order valence-corrected chi connectivity index (χ3v) is 3.95. The van der Waals surface area contributed by atoms with Crippen LogP contribution in [0.1, 0.15) is 23.7 Å². The molecule has 1 aromatic carbocycles. The van der Waals surface area contributed by atoms with Crippen molar-refractivity contribution in [1.29, 1.82) is 0 Å². The van der Waals surface area contributed by atoms with Gasteiger partial charge in [0.15, 0.2) is 11.5 Å². The van der Waals surface area contributed by atoms with Crippen LogP contribution >= 0.6 is 11.6 Å². The molecule has 0 fully saturated rings. The maximum Gasteiger partial charge on any atom is 0.251 e. The standard InChI is InChI=1S/C18H19ClN4O2/c1-2-25-10-4-8-20-18(24)14-7-9-23-16(12-14)21-22-17(23)13-5-3-6-15(19)11-13/h3,5-7,9,11-12H,2,4,8,10H2,1H3,(H,20,24). The van der Waals surface area contributed by atoms with E-state index in [1.54, 1.807) is 18.3 Å². The highest BCUT2D eigenvalue weighted by molar-refractivity contribution is 6.30. The van der Waals surface area contributed by atoms with Crippen molar-refractivity contribution in [2.45, 2.75) is 13.3 Å². The summed E-state index contributed by atoms with van der Waals surface area (Å²) in [5, 5.41) is 11.9. The van der Waals surface area contributed by atoms with Gasteiger partial charge in [-0.15, -0.1) is 10.2 Å². The van der Waals surface area contributed by atoms with E-state index >= 15 is 0 Å². The van der Waals surface area contributed by atoms with Gasteiger partial charge in [-0.1, -0.05) is 23.7 Å². The zero-order valence-corrected chi connectivity index (χ0v) is 14.7. The molecule has 0 unspecified atom stereocenters. The van der Waals surface area contributed by atoms with Crippen molar-refractivity contribution in [3.63, 3.8) is 0 Å². The number of nitrogens with one attached hydrogen (secondary N) is 1. The molecular weight excluding hydrogens is 340 g/mol. The molecule has 1 N–H and O–H groups in total. The lowest BCUT2D eigenvalue weighted by atomic mass is 10.2. The lowest BCUT2D eigenvalue weighted by molar-refractivity contribution is 0.0944. The van der Waals surface area contributed by atoms with Crippen LogP contribution in [0.2, 0.25) is 5.02 Å². The molecule has 7 heteroatoms. The minimum atomic E-state index is -0.133. The van der Waals surface area contributed by atoms with Gasteiger partial charge in [-0.3, -0.25) is 9.20 Å². The largest absolute Gasteiger partial charge is 0.382 e. The van der Waals surface area contributed by atoms with Gasteiger partial charge in [-0.05, 0) is 37.6 Å². The number of hydrogen-bond acceptors (Lipinski definition) is 4. The van der Waals surface area contributed by atoms with Crippen LogP contribution in [-0.4, -0.2) is 40.3 Å². The molecule has 0 aliphatic rings. The number of carbonyl (C=O) groups excluding carboxylic acids is 1. The zero-order chi connectivity index (χ0) is 17.6. The monoisotopic (exact) mass is 358 g/mol. The SMILES string of the molecule is CCOCCCNC(=O)c1ccn2c(-c3cccc(Cl)c3)nnc2c1. The Bertz CT molecular complexity index is 878. The van der Waals surface area contributed by atoms with E-state index < -0.39 is 0 Å². The molecule has 0 spiro atoms. The van der Waals surface area contributed by atoms with Gasteiger partial charge in [0.2, 0.25) is 0 Å². The number of fused-ring (bicyclic) bond motifs is 1. The predicted octanol–water partition coefficient (Wildman–Crippen LogP) is 3.21. The molecule has 0 saturated heterocycles. The van der Waals surface area contributed by atoms with E-state index in [1.165, 1.54) is 0 Å². The summed E-state index contributed by atoms with van der Waals surface area (Å²) in [4.78, 5) is 12.2. The van der Waals surface area contributed by atoms with Crippen LogP contribution in [0.25, 0.3) is 17.0 Å². The Hall–Kier alpha value is -2.44. The average molecular weight is 359 g/mol. The number of aromatic nitrogens is 3. The molecule has 0 saturated carbocycles. The number of amides is 1. The molecule has 130 valence electrons. The minimum Gasteiger partial charge on any atom is -0.382 e. The van der Waals surface area contributed by atoms with Gasteiger partial charge in [-0.25, -0.2) is 0 Å². The molecular formula is C18H19ClN4O2. The fraction of sp³-hybridized carbons (Fsp3) is 0.278. The Labute approximate surface area is 150 Å². The maximum atomic E-state index is 12.2. The number of nitrogens with zero attached hydrogens (tertiary/aromatic N) is 3. The fourth-order valence-corrected chi connectivity index (χ4v) is 2.67. The molecule has 2 heterocycles. The highest BCUT2D eigenvalue weighted by Gasteiger charge is 2.11. The molecule has 0 radical (unpaired) electrons. The second kappa shape index (κ2) is 8.09. The van der Waals surface area contributed by atoms with E-state index in [-0.39, 0.29) is 5.91 Å². The molecule has 6 nitrogen and oxygen atoms in total. The number of rotatable bonds is 7. The van der Waals surface area contributed by atoms with Gasteiger partial charge < -0.3 is 10.1 Å². The highest BCUT2D eigenvalue weighted by atomic mass is 35.5. The summed E-state index contributed by atoms with van der Waals surface area (Å²) in [5.74, 6) is 0.549. The van der Waals surface area contributed by atoms with E-state index in [0.717, 1.165) is 12.0 Å². The second-order valence-corrected chi connectivity index (χ2v) is 5.92. The topological polar surface area (TPSA) is 68.5 Å². The molecule has 1 amide bonds. The van der Waals surface area contributed by atoms with Crippen molar-refractivity contribution in [2.75, 3.05) is 19.8 Å². The van der Waals surface area contributed by atoms with Crippen LogP contribution in [0.3, 0.4) is 0 Å². The lowest BCUT2D eigenvalue weighted by Gasteiger charge is -2.06. The number of pyridine rings is 1. The van der Waals surface area contributed by atoms with Crippen molar-refractivity contribution in [3.8, 4) is 11.4 Å². The Balaban J connectivity index is 1.74. The summed E-state index contributed by atoms with van der Waals surface area (Å²) in [7, 11) is 0. The Morgan fingerprint density at radius 3 is 2.96 bits per heavy atom. The molecule has 0 aliphatic carbocycles. The number of benzene rings is 1. The van der Waals surface area contributed by atoms with E-state index in [4.69, 9.17) is 16.3 Å². The molecule has 0 atom stereocenters. The van der Waals surface area contributed by atoms with Gasteiger partial charge in [0, 0.05) is 42.1 Å². The molecule has 2 aromatic heterocycles. The van der Waals surface area contributed by atoms with Gasteiger partial charge in [-0.2, -0.15) is 0 Å². The quantitative estimate of drug-likeness (QED) is 0.658. The van der Waals surface area contributed by atoms with Crippen molar-refractivity contribution in [1.82, 2.24) is 19.9 Å². The Morgan fingerprint density at radius 2 is 2.16 bits per heavy atom. The van der Waals surface area contributed by atoms with Crippen LogP contribution < -0.4 is 5.32 Å². The summed E-state index contributed by atoms with van der Waals surface area (Å²) < 4.78 is 7.08. The molecule has 0 aliphatic heterocycles. The van der Waals surface area contributed by atoms with Crippen LogP contribution in [0.5, 0.6) is 0 Å². The van der Waals surface area contributed by atoms with Crippen LogP contribution in [-0.2, 0) is 4.74 Å². The minimum absolute atomic E-state index is 0.133. The summed E-state index contributed by atoms with van der Waals surface area (Å²) in [5.41, 5.74) is 2.03. The average Bonchev–Trinajstić information content (AvgIpc) is 3.04. The summed E-state index contributed by atoms with van der Waals surface area (Å²) >= 11 is 6.04. The van der Waals surface area contributed by atoms with Crippen LogP contribution in [0.4, 0.5) is 0 Å². The van der Waals surface area contributed by atoms with E-state index in [0.29, 0.717) is 41.8 Å². The summed E-state index contributed by atoms with van der Waals surface area (Å²) in [6.45, 7) is 3.85. The first-order valence-corrected chi connectivity index (χ1v) is 8.53. The predicted molar refractivity (Wildman–Crippen MR) is 96.9 cm³/mol. The van der Waals surface area contributed by atoms with E-state index in [1.807, 2.05) is 35.6 Å². The number of hydrogen-bond donors (Lipinski definition) is 1. The summed E-state index contributed by atoms with van der Waals surface area (Å²) in [6.07, 6.45) is 2.58. The number of halogens is 1. The molecule has 0 bridgehead atoms. The Kier molecular flexibility index (Phi) is 5.63. The lowest BCUT2D eigenvalue weighted by Crippen LogP contribution is -2.25. The van der Waals surface area contributed by atoms with Crippen molar-refractivity contribution in [3.05, 3.63) is 53.2 Å². The smallest absolute Gasteiger partial charge is 0.251 e. The van der Waals surface area contributed by atoms with Gasteiger partial charge in [0.25, 0.3) is 5.91 Å². The third-order valence-electron chi connectivity index (χ3n) is 3.71. The first-order chi connectivity index (χ1) is 12.2. The fourth-order valence-electron chi connectivity index (χ4n) is 2.48. The normalized spacial score (nSPS) is 11.0. The Morgan fingerprint density at radius 1 is 1.28 bits per heavy atom. The van der Waals surface area contributed by atoms with Crippen molar-refractivity contribution in [2.24, 2.45) is 0 Å². The van der Waals surface area contributed by atoms with Crippen LogP contribution in [0.15, 0.2) is 42.6 Å². The number of ether oxygens (including phenoxy) is 1. The molecule has 25 heavy (non-hydrogen) atoms. The molecule has 3 rings (SSSR count). The van der Waals surface area contributed by atoms with Crippen LogP contribution in [0, 0.1) is 0 Å². The summed E-state index contributed by atoms with van der Waals surface area (Å²) in [6, 6.07) is 10.9.